The zero-order valence-electron chi connectivity index (χ0n) is 12.9. The molecule has 3 rings (SSSR count). The van der Waals surface area contributed by atoms with Gasteiger partial charge in [0.2, 0.25) is 5.91 Å². The van der Waals surface area contributed by atoms with Crippen molar-refractivity contribution >= 4 is 18.3 Å². The molecule has 0 spiro atoms. The van der Waals surface area contributed by atoms with Crippen molar-refractivity contribution in [1.82, 2.24) is 20.1 Å². The van der Waals surface area contributed by atoms with Gasteiger partial charge in [-0.15, -0.1) is 12.4 Å². The van der Waals surface area contributed by atoms with Crippen molar-refractivity contribution in [2.24, 2.45) is 5.92 Å². The molecule has 2 fully saturated rings. The second-order valence-electron chi connectivity index (χ2n) is 6.09. The van der Waals surface area contributed by atoms with Gasteiger partial charge in [-0.3, -0.25) is 14.7 Å². The third-order valence-electron chi connectivity index (χ3n) is 4.29. The van der Waals surface area contributed by atoms with Crippen molar-refractivity contribution in [2.75, 3.05) is 39.3 Å². The molecule has 22 heavy (non-hydrogen) atoms. The Labute approximate surface area is 138 Å². The van der Waals surface area contributed by atoms with Gasteiger partial charge in [-0.05, 0) is 43.0 Å². The highest BCUT2D eigenvalue weighted by Gasteiger charge is 2.23. The minimum Gasteiger partial charge on any atom is -0.339 e. The van der Waals surface area contributed by atoms with Crippen molar-refractivity contribution in [2.45, 2.75) is 19.4 Å². The summed E-state index contributed by atoms with van der Waals surface area (Å²) in [6.07, 6.45) is 6.32. The number of carbonyl (C=O) groups is 1. The first-order valence-electron chi connectivity index (χ1n) is 7.91. The molecule has 0 unspecified atom stereocenters. The van der Waals surface area contributed by atoms with E-state index in [1.807, 2.05) is 17.3 Å². The van der Waals surface area contributed by atoms with Crippen LogP contribution in [0.5, 0.6) is 0 Å². The van der Waals surface area contributed by atoms with Gasteiger partial charge in [0.15, 0.2) is 0 Å². The second-order valence-corrected chi connectivity index (χ2v) is 6.09. The number of nitrogens with zero attached hydrogens (tertiary/aromatic N) is 3. The number of nitrogens with one attached hydrogen (secondary N) is 1. The number of amides is 1. The third kappa shape index (κ3) is 5.23. The number of hydrogen-bond donors (Lipinski definition) is 1. The van der Waals surface area contributed by atoms with Crippen LogP contribution < -0.4 is 5.32 Å². The van der Waals surface area contributed by atoms with Gasteiger partial charge >= 0.3 is 0 Å². The first-order valence-corrected chi connectivity index (χ1v) is 7.91. The highest BCUT2D eigenvalue weighted by Crippen LogP contribution is 2.27. The zero-order chi connectivity index (χ0) is 14.5. The number of hydrogen-bond acceptors (Lipinski definition) is 4. The maximum Gasteiger partial charge on any atom is 0.236 e. The van der Waals surface area contributed by atoms with E-state index in [1.54, 1.807) is 0 Å². The normalized spacial score (nSPS) is 18.8. The van der Waals surface area contributed by atoms with Crippen LogP contribution in [0.4, 0.5) is 0 Å². The Hall–Kier alpha value is -1.17. The first-order chi connectivity index (χ1) is 10.3. The summed E-state index contributed by atoms with van der Waals surface area (Å²) < 4.78 is 0. The Morgan fingerprint density at radius 3 is 2.50 bits per heavy atom. The van der Waals surface area contributed by atoms with E-state index in [4.69, 9.17) is 0 Å². The lowest BCUT2D eigenvalue weighted by Crippen LogP contribution is -2.50. The minimum absolute atomic E-state index is 0. The highest BCUT2D eigenvalue weighted by atomic mass is 35.5. The Morgan fingerprint density at radius 2 is 1.86 bits per heavy atom. The van der Waals surface area contributed by atoms with E-state index in [1.165, 1.54) is 18.4 Å². The molecule has 1 N–H and O–H groups in total. The molecule has 1 saturated heterocycles. The summed E-state index contributed by atoms with van der Waals surface area (Å²) in [7, 11) is 0. The second kappa shape index (κ2) is 8.46. The van der Waals surface area contributed by atoms with E-state index in [0.29, 0.717) is 6.54 Å². The summed E-state index contributed by atoms with van der Waals surface area (Å²) in [5.74, 6) is 1.08. The molecule has 5 nitrogen and oxygen atoms in total. The molecular formula is C16H25ClN4O. The lowest BCUT2D eigenvalue weighted by Gasteiger charge is -2.34. The molecule has 0 aromatic carbocycles. The van der Waals surface area contributed by atoms with Crippen molar-refractivity contribution in [1.29, 1.82) is 0 Å². The van der Waals surface area contributed by atoms with Gasteiger partial charge in [-0.1, -0.05) is 0 Å². The fraction of sp³-hybridized carbons (Fsp3) is 0.625. The monoisotopic (exact) mass is 324 g/mol. The molecule has 2 aliphatic rings. The molecule has 0 bridgehead atoms. The average Bonchev–Trinajstić information content (AvgIpc) is 3.33. The predicted molar refractivity (Wildman–Crippen MR) is 88.9 cm³/mol. The molecule has 1 aliphatic heterocycles. The predicted octanol–water partition coefficient (Wildman–Crippen LogP) is 1.15. The van der Waals surface area contributed by atoms with E-state index in [9.17, 15) is 4.79 Å². The van der Waals surface area contributed by atoms with Gasteiger partial charge in [-0.2, -0.15) is 0 Å². The Balaban J connectivity index is 0.00000176. The number of carbonyl (C=O) groups excluding carboxylic acids is 1. The molecule has 1 aliphatic carbocycles. The number of aromatic nitrogens is 1. The van der Waals surface area contributed by atoms with Gasteiger partial charge in [0.25, 0.3) is 0 Å². The van der Waals surface area contributed by atoms with Crippen LogP contribution in [0.1, 0.15) is 18.4 Å². The Bertz CT molecular complexity index is 458. The van der Waals surface area contributed by atoms with Crippen molar-refractivity contribution < 1.29 is 4.79 Å². The molecular weight excluding hydrogens is 300 g/mol. The lowest BCUT2D eigenvalue weighted by atomic mass is 10.2. The first kappa shape index (κ1) is 17.2. The molecule has 1 amide bonds. The van der Waals surface area contributed by atoms with Crippen LogP contribution in [0.2, 0.25) is 0 Å². The third-order valence-corrected chi connectivity index (χ3v) is 4.29. The number of halogens is 1. The van der Waals surface area contributed by atoms with Crippen LogP contribution in [0.25, 0.3) is 0 Å². The van der Waals surface area contributed by atoms with E-state index in [0.717, 1.165) is 45.2 Å². The topological polar surface area (TPSA) is 48.5 Å². The summed E-state index contributed by atoms with van der Waals surface area (Å²) >= 11 is 0. The maximum absolute atomic E-state index is 12.1. The van der Waals surface area contributed by atoms with E-state index in [2.05, 4.69) is 27.3 Å². The van der Waals surface area contributed by atoms with E-state index < -0.39 is 0 Å². The van der Waals surface area contributed by atoms with Crippen LogP contribution in [0.15, 0.2) is 24.5 Å². The van der Waals surface area contributed by atoms with Gasteiger partial charge in [-0.25, -0.2) is 0 Å². The van der Waals surface area contributed by atoms with Gasteiger partial charge in [0.05, 0.1) is 6.54 Å². The van der Waals surface area contributed by atoms with E-state index in [-0.39, 0.29) is 18.3 Å². The van der Waals surface area contributed by atoms with Crippen LogP contribution >= 0.6 is 12.4 Å². The van der Waals surface area contributed by atoms with Gasteiger partial charge in [0.1, 0.15) is 0 Å². The number of pyridine rings is 1. The number of piperazine rings is 1. The SMILES string of the molecule is Cl.O=C(CNCC1CC1)N1CCN(Cc2ccncc2)CC1. The molecule has 1 aromatic rings. The Kier molecular flexibility index (Phi) is 6.61. The average molecular weight is 325 g/mol. The molecule has 1 aromatic heterocycles. The van der Waals surface area contributed by atoms with Gasteiger partial charge < -0.3 is 10.2 Å². The Morgan fingerprint density at radius 1 is 1.18 bits per heavy atom. The summed E-state index contributed by atoms with van der Waals surface area (Å²) in [6, 6.07) is 4.11. The van der Waals surface area contributed by atoms with Crippen molar-refractivity contribution in [3.63, 3.8) is 0 Å². The molecule has 6 heteroatoms. The smallest absolute Gasteiger partial charge is 0.236 e. The lowest BCUT2D eigenvalue weighted by molar-refractivity contribution is -0.132. The fourth-order valence-electron chi connectivity index (χ4n) is 2.72. The van der Waals surface area contributed by atoms with Gasteiger partial charge in [0, 0.05) is 45.1 Å². The zero-order valence-corrected chi connectivity index (χ0v) is 13.7. The highest BCUT2D eigenvalue weighted by molar-refractivity contribution is 5.85. The van der Waals surface area contributed by atoms with E-state index >= 15 is 0 Å². The maximum atomic E-state index is 12.1. The summed E-state index contributed by atoms with van der Waals surface area (Å²) in [5.41, 5.74) is 1.29. The van der Waals surface area contributed by atoms with Crippen molar-refractivity contribution in [3.05, 3.63) is 30.1 Å². The van der Waals surface area contributed by atoms with Crippen LogP contribution in [-0.4, -0.2) is 60.0 Å². The quantitative estimate of drug-likeness (QED) is 0.853. The molecule has 0 radical (unpaired) electrons. The standard InChI is InChI=1S/C16H24N4O.ClH/c21-16(12-18-11-14-1-2-14)20-9-7-19(8-10-20)13-15-3-5-17-6-4-15;/h3-6,14,18H,1-2,7-13H2;1H. The molecule has 1 saturated carbocycles. The van der Waals surface area contributed by atoms with Crippen LogP contribution in [-0.2, 0) is 11.3 Å². The van der Waals surface area contributed by atoms with Crippen LogP contribution in [0, 0.1) is 5.92 Å². The van der Waals surface area contributed by atoms with Crippen LogP contribution in [0.3, 0.4) is 0 Å². The summed E-state index contributed by atoms with van der Waals surface area (Å²) in [5, 5.41) is 3.28. The summed E-state index contributed by atoms with van der Waals surface area (Å²) in [4.78, 5) is 20.5. The van der Waals surface area contributed by atoms with Crippen molar-refractivity contribution in [3.8, 4) is 0 Å². The molecule has 122 valence electrons. The largest absolute Gasteiger partial charge is 0.339 e. The number of rotatable bonds is 6. The molecule has 0 atom stereocenters. The summed E-state index contributed by atoms with van der Waals surface area (Å²) in [6.45, 7) is 6.05. The fourth-order valence-corrected chi connectivity index (χ4v) is 2.72. The molecule has 2 heterocycles. The minimum atomic E-state index is 0.